The van der Waals surface area contributed by atoms with Crippen LogP contribution in [0.1, 0.15) is 47.5 Å². The Morgan fingerprint density at radius 2 is 1.88 bits per heavy atom. The molecule has 0 spiro atoms. The number of ether oxygens (including phenoxy) is 1. The van der Waals surface area contributed by atoms with Crippen LogP contribution in [0, 0.1) is 11.3 Å². The fraction of sp³-hybridized carbons (Fsp3) is 0.944. The largest absolute Gasteiger partial charge is 0.377 e. The van der Waals surface area contributed by atoms with Gasteiger partial charge in [-0.05, 0) is 31.3 Å². The van der Waals surface area contributed by atoms with Crippen LogP contribution in [0.15, 0.2) is 4.99 Å². The first-order valence-electron chi connectivity index (χ1n) is 9.20. The molecule has 6 heteroatoms. The average molecular weight is 454 g/mol. The molecule has 1 aliphatic rings. The van der Waals surface area contributed by atoms with Crippen molar-refractivity contribution in [2.24, 2.45) is 16.3 Å². The van der Waals surface area contributed by atoms with E-state index in [-0.39, 0.29) is 29.4 Å². The van der Waals surface area contributed by atoms with E-state index in [1.165, 1.54) is 6.42 Å². The molecule has 5 nitrogen and oxygen atoms in total. The van der Waals surface area contributed by atoms with Gasteiger partial charge in [-0.3, -0.25) is 4.99 Å². The summed E-state index contributed by atoms with van der Waals surface area (Å²) in [6.07, 6.45) is 2.70. The Labute approximate surface area is 166 Å². The van der Waals surface area contributed by atoms with Gasteiger partial charge in [0.15, 0.2) is 5.96 Å². The number of aliphatic imine (C=N–C) groups is 1. The van der Waals surface area contributed by atoms with Gasteiger partial charge < -0.3 is 20.3 Å². The molecule has 144 valence electrons. The van der Waals surface area contributed by atoms with Gasteiger partial charge in [-0.25, -0.2) is 0 Å². The van der Waals surface area contributed by atoms with E-state index in [9.17, 15) is 0 Å². The topological polar surface area (TPSA) is 48.9 Å². The number of nitrogens with zero attached hydrogens (tertiary/aromatic N) is 2. The van der Waals surface area contributed by atoms with Crippen LogP contribution < -0.4 is 10.6 Å². The lowest BCUT2D eigenvalue weighted by Crippen LogP contribution is -2.48. The van der Waals surface area contributed by atoms with E-state index >= 15 is 0 Å². The zero-order valence-corrected chi connectivity index (χ0v) is 18.9. The fourth-order valence-electron chi connectivity index (χ4n) is 3.33. The third kappa shape index (κ3) is 8.34. The molecule has 1 heterocycles. The van der Waals surface area contributed by atoms with E-state index in [0.29, 0.717) is 12.0 Å². The molecule has 0 radical (unpaired) electrons. The molecule has 0 aromatic rings. The van der Waals surface area contributed by atoms with Crippen LogP contribution in [0.2, 0.25) is 0 Å². The number of likely N-dealkylation sites (N-methyl/N-ethyl adjacent to an activating group) is 1. The minimum Gasteiger partial charge on any atom is -0.377 e. The first-order valence-corrected chi connectivity index (χ1v) is 9.20. The molecule has 0 saturated carbocycles. The standard InChI is InChI=1S/C18H38N4O.HI/c1-7-22(8-2)12-11-20-17(19-6)21-14-15-10-9-13-23-16(15)18(3,4)5;/h15-16H,7-14H2,1-6H3,(H2,19,20,21);1H. The summed E-state index contributed by atoms with van der Waals surface area (Å²) >= 11 is 0. The Morgan fingerprint density at radius 3 is 2.42 bits per heavy atom. The van der Waals surface area contributed by atoms with Crippen LogP contribution in [0.25, 0.3) is 0 Å². The van der Waals surface area contributed by atoms with E-state index in [1.807, 2.05) is 7.05 Å². The highest BCUT2D eigenvalue weighted by Crippen LogP contribution is 2.33. The molecule has 1 fully saturated rings. The lowest BCUT2D eigenvalue weighted by molar-refractivity contribution is -0.0835. The summed E-state index contributed by atoms with van der Waals surface area (Å²) < 4.78 is 6.06. The Morgan fingerprint density at radius 1 is 1.21 bits per heavy atom. The predicted molar refractivity (Wildman–Crippen MR) is 114 cm³/mol. The second kappa shape index (κ2) is 12.3. The number of rotatable bonds is 7. The predicted octanol–water partition coefficient (Wildman–Crippen LogP) is 2.95. The maximum Gasteiger partial charge on any atom is 0.191 e. The van der Waals surface area contributed by atoms with E-state index in [2.05, 4.69) is 55.1 Å². The van der Waals surface area contributed by atoms with Gasteiger partial charge in [0.2, 0.25) is 0 Å². The lowest BCUT2D eigenvalue weighted by Gasteiger charge is -2.40. The Kier molecular flexibility index (Phi) is 12.3. The van der Waals surface area contributed by atoms with Gasteiger partial charge in [0.25, 0.3) is 0 Å². The molecular weight excluding hydrogens is 415 g/mol. The van der Waals surface area contributed by atoms with Crippen LogP contribution in [-0.2, 0) is 4.74 Å². The molecular formula is C18H39IN4O. The summed E-state index contributed by atoms with van der Waals surface area (Å²) in [6.45, 7) is 17.2. The van der Waals surface area contributed by atoms with Crippen molar-refractivity contribution in [1.82, 2.24) is 15.5 Å². The van der Waals surface area contributed by atoms with Crippen LogP contribution in [-0.4, -0.2) is 63.3 Å². The van der Waals surface area contributed by atoms with Gasteiger partial charge in [0, 0.05) is 39.2 Å². The maximum absolute atomic E-state index is 6.06. The smallest absolute Gasteiger partial charge is 0.191 e. The molecule has 1 rings (SSSR count). The summed E-state index contributed by atoms with van der Waals surface area (Å²) in [5.41, 5.74) is 0.187. The van der Waals surface area contributed by atoms with Crippen molar-refractivity contribution in [3.63, 3.8) is 0 Å². The highest BCUT2D eigenvalue weighted by Gasteiger charge is 2.35. The summed E-state index contributed by atoms with van der Waals surface area (Å²) in [5.74, 6) is 1.44. The van der Waals surface area contributed by atoms with Gasteiger partial charge in [0.1, 0.15) is 0 Å². The van der Waals surface area contributed by atoms with Crippen molar-refractivity contribution in [3.8, 4) is 0 Å². The monoisotopic (exact) mass is 454 g/mol. The van der Waals surface area contributed by atoms with E-state index in [4.69, 9.17) is 4.74 Å². The summed E-state index contributed by atoms with van der Waals surface area (Å²) in [5, 5.41) is 6.91. The molecule has 2 atom stereocenters. The van der Waals surface area contributed by atoms with Crippen LogP contribution in [0.5, 0.6) is 0 Å². The van der Waals surface area contributed by atoms with Crippen molar-refractivity contribution in [2.75, 3.05) is 46.4 Å². The van der Waals surface area contributed by atoms with Crippen molar-refractivity contribution >= 4 is 29.9 Å². The van der Waals surface area contributed by atoms with E-state index in [0.717, 1.165) is 51.7 Å². The van der Waals surface area contributed by atoms with Crippen molar-refractivity contribution < 1.29 is 4.74 Å². The maximum atomic E-state index is 6.06. The second-order valence-electron chi connectivity index (χ2n) is 7.47. The third-order valence-electron chi connectivity index (χ3n) is 4.67. The number of halogens is 1. The Bertz CT molecular complexity index is 353. The third-order valence-corrected chi connectivity index (χ3v) is 4.67. The van der Waals surface area contributed by atoms with Gasteiger partial charge in [-0.15, -0.1) is 24.0 Å². The molecule has 2 N–H and O–H groups in total. The molecule has 0 bridgehead atoms. The highest BCUT2D eigenvalue weighted by atomic mass is 127. The van der Waals surface area contributed by atoms with Gasteiger partial charge in [0.05, 0.1) is 6.10 Å². The Balaban J connectivity index is 0.00000529. The van der Waals surface area contributed by atoms with Crippen molar-refractivity contribution in [2.45, 2.75) is 53.6 Å². The molecule has 1 saturated heterocycles. The molecule has 2 unspecified atom stereocenters. The average Bonchev–Trinajstić information content (AvgIpc) is 2.54. The lowest BCUT2D eigenvalue weighted by atomic mass is 9.78. The molecule has 0 aliphatic carbocycles. The van der Waals surface area contributed by atoms with E-state index < -0.39 is 0 Å². The molecule has 0 aromatic carbocycles. The fourth-order valence-corrected chi connectivity index (χ4v) is 3.33. The van der Waals surface area contributed by atoms with Crippen molar-refractivity contribution in [3.05, 3.63) is 0 Å². The van der Waals surface area contributed by atoms with Crippen LogP contribution in [0.4, 0.5) is 0 Å². The quantitative estimate of drug-likeness (QED) is 0.353. The number of nitrogens with one attached hydrogen (secondary N) is 2. The van der Waals surface area contributed by atoms with Crippen LogP contribution in [0.3, 0.4) is 0 Å². The SMILES string of the molecule is CCN(CC)CCNC(=NC)NCC1CCCOC1C(C)(C)C.I. The number of hydrogen-bond acceptors (Lipinski definition) is 3. The zero-order chi connectivity index (χ0) is 17.3. The minimum atomic E-state index is 0. The molecule has 1 aliphatic heterocycles. The molecule has 0 amide bonds. The summed E-state index contributed by atoms with van der Waals surface area (Å²) in [7, 11) is 1.84. The first-order chi connectivity index (χ1) is 10.9. The van der Waals surface area contributed by atoms with Gasteiger partial charge in [-0.2, -0.15) is 0 Å². The van der Waals surface area contributed by atoms with Crippen molar-refractivity contribution in [1.29, 1.82) is 0 Å². The normalized spacial score (nSPS) is 22.2. The molecule has 24 heavy (non-hydrogen) atoms. The van der Waals surface area contributed by atoms with E-state index in [1.54, 1.807) is 0 Å². The van der Waals surface area contributed by atoms with Gasteiger partial charge in [-0.1, -0.05) is 34.6 Å². The summed E-state index contributed by atoms with van der Waals surface area (Å²) in [4.78, 5) is 6.75. The highest BCUT2D eigenvalue weighted by molar-refractivity contribution is 14.0. The number of hydrogen-bond donors (Lipinski definition) is 2. The number of guanidine groups is 1. The Hall–Kier alpha value is -0.0800. The summed E-state index contributed by atoms with van der Waals surface area (Å²) in [6, 6.07) is 0. The minimum absolute atomic E-state index is 0. The first kappa shape index (κ1) is 23.9. The zero-order valence-electron chi connectivity index (χ0n) is 16.5. The molecule has 0 aromatic heterocycles. The van der Waals surface area contributed by atoms with Crippen LogP contribution >= 0.6 is 24.0 Å². The van der Waals surface area contributed by atoms with Gasteiger partial charge >= 0.3 is 0 Å². The second-order valence-corrected chi connectivity index (χ2v) is 7.47.